The average molecular weight is 267 g/mol. The van der Waals surface area contributed by atoms with Gasteiger partial charge in [0.2, 0.25) is 5.91 Å². The van der Waals surface area contributed by atoms with Crippen LogP contribution in [0.15, 0.2) is 30.5 Å². The van der Waals surface area contributed by atoms with Gasteiger partial charge in [0, 0.05) is 18.8 Å². The van der Waals surface area contributed by atoms with E-state index in [2.05, 4.69) is 10.3 Å². The van der Waals surface area contributed by atoms with Crippen LogP contribution in [0.25, 0.3) is 10.9 Å². The normalized spacial score (nSPS) is 12.6. The van der Waals surface area contributed by atoms with Crippen LogP contribution in [0.2, 0.25) is 0 Å². The molecule has 0 aliphatic heterocycles. The summed E-state index contributed by atoms with van der Waals surface area (Å²) in [5.41, 5.74) is 2.07. The van der Waals surface area contributed by atoms with Crippen molar-refractivity contribution in [3.05, 3.63) is 36.0 Å². The molecule has 0 saturated carbocycles. The van der Waals surface area contributed by atoms with Gasteiger partial charge in [-0.05, 0) is 29.1 Å². The first-order valence-electron chi connectivity index (χ1n) is 5.66. The van der Waals surface area contributed by atoms with E-state index in [-0.39, 0.29) is 17.8 Å². The lowest BCUT2D eigenvalue weighted by Gasteiger charge is -2.18. The first kappa shape index (κ1) is 12.9. The van der Waals surface area contributed by atoms with Crippen LogP contribution in [0.1, 0.15) is 11.6 Å². The van der Waals surface area contributed by atoms with Gasteiger partial charge in [0.15, 0.2) is 0 Å². The molecule has 0 saturated heterocycles. The molecular weight excluding hydrogens is 252 g/mol. The number of H-pyrrole nitrogens is 1. The van der Waals surface area contributed by atoms with E-state index in [1.165, 1.54) is 0 Å². The highest BCUT2D eigenvalue weighted by Gasteiger charge is 2.14. The number of halogens is 1. The molecule has 1 aromatic heterocycles. The number of amides is 1. The molecule has 0 aliphatic rings. The second kappa shape index (κ2) is 5.89. The maximum absolute atomic E-state index is 11.4. The minimum absolute atomic E-state index is 0.0490. The summed E-state index contributed by atoms with van der Waals surface area (Å²) in [6.45, 7) is 0.415. The van der Waals surface area contributed by atoms with Crippen molar-refractivity contribution >= 4 is 28.4 Å². The maximum Gasteiger partial charge on any atom is 0.235 e. The predicted molar refractivity (Wildman–Crippen MR) is 71.8 cm³/mol. The monoisotopic (exact) mass is 266 g/mol. The molecule has 4 nitrogen and oxygen atoms in total. The van der Waals surface area contributed by atoms with E-state index in [4.69, 9.17) is 16.3 Å². The molecule has 2 rings (SSSR count). The number of hydrogen-bond acceptors (Lipinski definition) is 2. The lowest BCUT2D eigenvalue weighted by molar-refractivity contribution is -0.119. The van der Waals surface area contributed by atoms with E-state index in [0.29, 0.717) is 6.61 Å². The lowest BCUT2D eigenvalue weighted by atomic mass is 10.1. The zero-order chi connectivity index (χ0) is 13.0. The number of ether oxygens (including phenoxy) is 1. The van der Waals surface area contributed by atoms with E-state index in [1.807, 2.05) is 30.5 Å². The predicted octanol–water partition coefficient (Wildman–Crippen LogP) is 2.21. The van der Waals surface area contributed by atoms with Gasteiger partial charge >= 0.3 is 0 Å². The molecule has 96 valence electrons. The summed E-state index contributed by atoms with van der Waals surface area (Å²) in [6, 6.07) is 7.80. The minimum Gasteiger partial charge on any atom is -0.382 e. The van der Waals surface area contributed by atoms with Gasteiger partial charge in [-0.1, -0.05) is 6.07 Å². The Balaban J connectivity index is 2.25. The largest absolute Gasteiger partial charge is 0.382 e. The Hall–Kier alpha value is -1.52. The number of carbonyl (C=O) groups is 1. The fourth-order valence-corrected chi connectivity index (χ4v) is 1.99. The number of carbonyl (C=O) groups excluding carboxylic acids is 1. The van der Waals surface area contributed by atoms with Crippen molar-refractivity contribution in [2.24, 2.45) is 0 Å². The van der Waals surface area contributed by atoms with Crippen molar-refractivity contribution in [3.63, 3.8) is 0 Å². The standard InChI is InChI=1S/C13H15ClN2O2/c1-18-8-12(16-13(17)7-14)9-2-3-11-10(6-9)4-5-15-11/h2-6,12,15H,7-8H2,1H3,(H,16,17). The third-order valence-electron chi connectivity index (χ3n) is 2.77. The van der Waals surface area contributed by atoms with Gasteiger partial charge in [-0.25, -0.2) is 0 Å². The van der Waals surface area contributed by atoms with Gasteiger partial charge < -0.3 is 15.0 Å². The van der Waals surface area contributed by atoms with Crippen molar-refractivity contribution in [3.8, 4) is 0 Å². The molecule has 0 bridgehead atoms. The highest BCUT2D eigenvalue weighted by molar-refractivity contribution is 6.27. The zero-order valence-corrected chi connectivity index (χ0v) is 10.8. The fraction of sp³-hybridized carbons (Fsp3) is 0.308. The molecular formula is C13H15ClN2O2. The Kier molecular flexibility index (Phi) is 4.23. The summed E-state index contributed by atoms with van der Waals surface area (Å²) in [6.07, 6.45) is 1.89. The van der Waals surface area contributed by atoms with Crippen LogP contribution in [0.4, 0.5) is 0 Å². The molecule has 0 radical (unpaired) electrons. The molecule has 1 heterocycles. The first-order chi connectivity index (χ1) is 8.74. The second-order valence-corrected chi connectivity index (χ2v) is 4.30. The molecule has 0 fully saturated rings. The van der Waals surface area contributed by atoms with Crippen LogP contribution in [0.5, 0.6) is 0 Å². The number of benzene rings is 1. The molecule has 1 amide bonds. The molecule has 1 unspecified atom stereocenters. The number of nitrogens with one attached hydrogen (secondary N) is 2. The van der Waals surface area contributed by atoms with Crippen molar-refractivity contribution in [1.29, 1.82) is 0 Å². The fourth-order valence-electron chi connectivity index (χ4n) is 1.91. The van der Waals surface area contributed by atoms with Crippen LogP contribution in [-0.4, -0.2) is 30.5 Å². The lowest BCUT2D eigenvalue weighted by Crippen LogP contribution is -2.32. The molecule has 1 aromatic carbocycles. The van der Waals surface area contributed by atoms with Crippen molar-refractivity contribution in [2.45, 2.75) is 6.04 Å². The van der Waals surface area contributed by atoms with Crippen LogP contribution in [0.3, 0.4) is 0 Å². The Morgan fingerprint density at radius 2 is 2.33 bits per heavy atom. The third-order valence-corrected chi connectivity index (χ3v) is 3.01. The summed E-state index contributed by atoms with van der Waals surface area (Å²) in [5.74, 6) is -0.250. The molecule has 2 aromatic rings. The average Bonchev–Trinajstić information content (AvgIpc) is 2.85. The van der Waals surface area contributed by atoms with Gasteiger partial charge in [-0.3, -0.25) is 4.79 Å². The number of fused-ring (bicyclic) bond motifs is 1. The van der Waals surface area contributed by atoms with E-state index >= 15 is 0 Å². The van der Waals surface area contributed by atoms with Crippen molar-refractivity contribution in [1.82, 2.24) is 10.3 Å². The van der Waals surface area contributed by atoms with Gasteiger partial charge in [0.25, 0.3) is 0 Å². The Labute approximate surface area is 110 Å². The highest BCUT2D eigenvalue weighted by Crippen LogP contribution is 2.20. The number of methoxy groups -OCH3 is 1. The maximum atomic E-state index is 11.4. The molecule has 0 aliphatic carbocycles. The molecule has 5 heteroatoms. The van der Waals surface area contributed by atoms with E-state index in [1.54, 1.807) is 7.11 Å². The number of aromatic nitrogens is 1. The van der Waals surface area contributed by atoms with Gasteiger partial charge in [0.1, 0.15) is 5.88 Å². The minimum atomic E-state index is -0.201. The van der Waals surface area contributed by atoms with E-state index < -0.39 is 0 Å². The second-order valence-electron chi connectivity index (χ2n) is 4.03. The Morgan fingerprint density at radius 1 is 1.50 bits per heavy atom. The Bertz CT molecular complexity index is 539. The summed E-state index contributed by atoms with van der Waals surface area (Å²) in [5, 5.41) is 3.94. The molecule has 0 spiro atoms. The van der Waals surface area contributed by atoms with E-state index in [9.17, 15) is 4.79 Å². The quantitative estimate of drug-likeness (QED) is 0.816. The number of hydrogen-bond donors (Lipinski definition) is 2. The molecule has 1 atom stereocenters. The zero-order valence-electron chi connectivity index (χ0n) is 10.1. The van der Waals surface area contributed by atoms with Crippen LogP contribution >= 0.6 is 11.6 Å². The number of rotatable bonds is 5. The van der Waals surface area contributed by atoms with Crippen molar-refractivity contribution in [2.75, 3.05) is 19.6 Å². The van der Waals surface area contributed by atoms with E-state index in [0.717, 1.165) is 16.5 Å². The van der Waals surface area contributed by atoms with Gasteiger partial charge in [-0.15, -0.1) is 11.6 Å². The number of aromatic amines is 1. The van der Waals surface area contributed by atoms with Crippen LogP contribution in [-0.2, 0) is 9.53 Å². The molecule has 18 heavy (non-hydrogen) atoms. The topological polar surface area (TPSA) is 54.1 Å². The summed E-state index contributed by atoms with van der Waals surface area (Å²) in [7, 11) is 1.61. The van der Waals surface area contributed by atoms with Crippen LogP contribution < -0.4 is 5.32 Å². The number of alkyl halides is 1. The SMILES string of the molecule is COCC(NC(=O)CCl)c1ccc2[nH]ccc2c1. The van der Waals surface area contributed by atoms with Gasteiger partial charge in [-0.2, -0.15) is 0 Å². The summed E-state index contributed by atoms with van der Waals surface area (Å²) < 4.78 is 5.13. The third kappa shape index (κ3) is 2.83. The highest BCUT2D eigenvalue weighted by atomic mass is 35.5. The van der Waals surface area contributed by atoms with Crippen LogP contribution in [0, 0.1) is 0 Å². The van der Waals surface area contributed by atoms with Crippen molar-refractivity contribution < 1.29 is 9.53 Å². The Morgan fingerprint density at radius 3 is 3.06 bits per heavy atom. The summed E-state index contributed by atoms with van der Waals surface area (Å²) in [4.78, 5) is 14.5. The smallest absolute Gasteiger partial charge is 0.235 e. The van der Waals surface area contributed by atoms with Gasteiger partial charge in [0.05, 0.1) is 12.6 Å². The molecule has 2 N–H and O–H groups in total. The summed E-state index contributed by atoms with van der Waals surface area (Å²) >= 11 is 5.50. The first-order valence-corrected chi connectivity index (χ1v) is 6.19.